The fourth-order valence-corrected chi connectivity index (χ4v) is 6.12. The number of rotatable bonds is 5. The normalized spacial score (nSPS) is 16.9. The first-order valence-electron chi connectivity index (χ1n) is 10.2. The summed E-state index contributed by atoms with van der Waals surface area (Å²) in [4.78, 5) is 30.2. The lowest BCUT2D eigenvalue weighted by molar-refractivity contribution is -0.274. The van der Waals surface area contributed by atoms with E-state index in [4.69, 9.17) is 0 Å². The first-order chi connectivity index (χ1) is 15.7. The molecular weight excluding hydrogens is 477 g/mol. The number of imidazole rings is 1. The van der Waals surface area contributed by atoms with Crippen LogP contribution in [0.2, 0.25) is 0 Å². The zero-order chi connectivity index (χ0) is 25.1. The zero-order valence-electron chi connectivity index (χ0n) is 18.4. The van der Waals surface area contributed by atoms with Gasteiger partial charge in [-0.3, -0.25) is 9.36 Å². The van der Waals surface area contributed by atoms with Gasteiger partial charge in [0.25, 0.3) is 5.91 Å². The molecule has 182 valence electrons. The van der Waals surface area contributed by atoms with Crippen molar-refractivity contribution < 1.29 is 31.1 Å². The molecule has 1 N–H and O–H groups in total. The van der Waals surface area contributed by atoms with Gasteiger partial charge in [0.15, 0.2) is 15.5 Å². The molecule has 1 aliphatic heterocycles. The lowest BCUT2D eigenvalue weighted by Gasteiger charge is -2.38. The fourth-order valence-electron chi connectivity index (χ4n) is 4.12. The average molecular weight is 498 g/mol. The number of amides is 1. The number of carbonyl (C=O) groups excluding carboxylic acids is 1. The smallest absolute Gasteiger partial charge is 0.406 e. The van der Waals surface area contributed by atoms with Crippen LogP contribution in [0.15, 0.2) is 41.3 Å². The average Bonchev–Trinajstić information content (AvgIpc) is 2.95. The number of nitrogens with one attached hydrogen (secondary N) is 1. The molecule has 0 saturated carbocycles. The molecule has 9 nitrogen and oxygen atoms in total. The molecule has 3 heterocycles. The summed E-state index contributed by atoms with van der Waals surface area (Å²) in [6.07, 6.45) is -3.67. The molecule has 1 aromatic carbocycles. The monoisotopic (exact) mass is 498 g/mol. The molecule has 13 heteroatoms. The van der Waals surface area contributed by atoms with E-state index in [-0.39, 0.29) is 34.4 Å². The number of sulfone groups is 1. The van der Waals surface area contributed by atoms with Gasteiger partial charge >= 0.3 is 12.1 Å². The molecule has 0 bridgehead atoms. The second-order valence-electron chi connectivity index (χ2n) is 8.74. The number of alkyl halides is 3. The predicted molar refractivity (Wildman–Crippen MR) is 117 cm³/mol. The van der Waals surface area contributed by atoms with Crippen molar-refractivity contribution in [3.8, 4) is 11.4 Å². The SMILES string of the molecule is CC(C)n1c(=O)n(-c2cccc(OC(F)(F)F)c2)c2ncc(C(=O)NC3(C)CS(=O)(=O)C3)cc21. The number of fused-ring (bicyclic) bond motifs is 1. The Bertz CT molecular complexity index is 1450. The van der Waals surface area contributed by atoms with Crippen molar-refractivity contribution in [2.45, 2.75) is 38.7 Å². The quantitative estimate of drug-likeness (QED) is 0.579. The Morgan fingerprint density at radius 1 is 1.24 bits per heavy atom. The van der Waals surface area contributed by atoms with E-state index in [2.05, 4.69) is 15.0 Å². The van der Waals surface area contributed by atoms with Crippen LogP contribution in [0.4, 0.5) is 13.2 Å². The third-order valence-electron chi connectivity index (χ3n) is 5.30. The van der Waals surface area contributed by atoms with E-state index in [1.807, 2.05) is 0 Å². The van der Waals surface area contributed by atoms with Crippen molar-refractivity contribution in [2.75, 3.05) is 11.5 Å². The summed E-state index contributed by atoms with van der Waals surface area (Å²) >= 11 is 0. The number of hydrogen-bond acceptors (Lipinski definition) is 6. The maximum absolute atomic E-state index is 13.2. The highest BCUT2D eigenvalue weighted by Gasteiger charge is 2.45. The molecule has 1 fully saturated rings. The standard InChI is InChI=1S/C21H21F3N4O5S/c1-12(2)27-16-7-13(18(29)26-20(3)10-34(31,32)11-20)9-25-17(16)28(19(27)30)14-5-4-6-15(8-14)33-21(22,23)24/h4-9,12H,10-11H2,1-3H3,(H,26,29). The molecule has 0 spiro atoms. The molecule has 4 rings (SSSR count). The maximum Gasteiger partial charge on any atom is 0.573 e. The van der Waals surface area contributed by atoms with E-state index in [9.17, 15) is 31.2 Å². The van der Waals surface area contributed by atoms with Crippen LogP contribution in [0.5, 0.6) is 5.75 Å². The van der Waals surface area contributed by atoms with Gasteiger partial charge in [0.05, 0.1) is 33.8 Å². The van der Waals surface area contributed by atoms with E-state index < -0.39 is 39.1 Å². The Kier molecular flexibility index (Phi) is 5.50. The van der Waals surface area contributed by atoms with Crippen molar-refractivity contribution in [3.05, 3.63) is 52.6 Å². The van der Waals surface area contributed by atoms with Crippen molar-refractivity contribution in [3.63, 3.8) is 0 Å². The molecular formula is C21H21F3N4O5S. The third-order valence-corrected chi connectivity index (χ3v) is 7.45. The van der Waals surface area contributed by atoms with Crippen LogP contribution in [0.25, 0.3) is 16.9 Å². The Morgan fingerprint density at radius 2 is 1.91 bits per heavy atom. The van der Waals surface area contributed by atoms with Gasteiger partial charge in [0.2, 0.25) is 0 Å². The van der Waals surface area contributed by atoms with Gasteiger partial charge in [0, 0.05) is 18.3 Å². The van der Waals surface area contributed by atoms with Gasteiger partial charge in [-0.1, -0.05) is 6.07 Å². The number of hydrogen-bond donors (Lipinski definition) is 1. The topological polar surface area (TPSA) is 112 Å². The van der Waals surface area contributed by atoms with Crippen LogP contribution in [-0.4, -0.2) is 51.9 Å². The minimum Gasteiger partial charge on any atom is -0.406 e. The Hall–Kier alpha value is -3.35. The lowest BCUT2D eigenvalue weighted by atomic mass is 10.1. The van der Waals surface area contributed by atoms with E-state index in [1.165, 1.54) is 29.0 Å². The van der Waals surface area contributed by atoms with Crippen molar-refractivity contribution in [2.24, 2.45) is 0 Å². The van der Waals surface area contributed by atoms with Crippen molar-refractivity contribution in [1.29, 1.82) is 0 Å². The summed E-state index contributed by atoms with van der Waals surface area (Å²) in [6.45, 7) is 5.09. The molecule has 1 amide bonds. The van der Waals surface area contributed by atoms with Crippen LogP contribution >= 0.6 is 0 Å². The van der Waals surface area contributed by atoms with Crippen LogP contribution in [0.1, 0.15) is 37.2 Å². The molecule has 1 aliphatic rings. The molecule has 0 atom stereocenters. The Labute approximate surface area is 192 Å². The van der Waals surface area contributed by atoms with Crippen LogP contribution in [-0.2, 0) is 9.84 Å². The van der Waals surface area contributed by atoms with Crippen LogP contribution in [0.3, 0.4) is 0 Å². The highest BCUT2D eigenvalue weighted by atomic mass is 32.2. The molecule has 2 aromatic heterocycles. The summed E-state index contributed by atoms with van der Waals surface area (Å²) in [5.41, 5.74) is -0.811. The minimum atomic E-state index is -4.90. The number of benzene rings is 1. The fraction of sp³-hybridized carbons (Fsp3) is 0.381. The molecule has 0 unspecified atom stereocenters. The van der Waals surface area contributed by atoms with Crippen molar-refractivity contribution in [1.82, 2.24) is 19.4 Å². The van der Waals surface area contributed by atoms with Gasteiger partial charge in [-0.25, -0.2) is 22.8 Å². The van der Waals surface area contributed by atoms with E-state index in [0.29, 0.717) is 5.52 Å². The predicted octanol–water partition coefficient (Wildman–Crippen LogP) is 2.58. The molecule has 0 radical (unpaired) electrons. The summed E-state index contributed by atoms with van der Waals surface area (Å²) in [5, 5.41) is 2.68. The first kappa shape index (κ1) is 23.8. The Morgan fingerprint density at radius 3 is 2.50 bits per heavy atom. The summed E-state index contributed by atoms with van der Waals surface area (Å²) in [6, 6.07) is 6.02. The van der Waals surface area contributed by atoms with Crippen LogP contribution < -0.4 is 15.7 Å². The first-order valence-corrected chi connectivity index (χ1v) is 12.0. The van der Waals surface area contributed by atoms with Gasteiger partial charge < -0.3 is 10.1 Å². The number of halogens is 3. The number of carbonyl (C=O) groups is 1. The summed E-state index contributed by atoms with van der Waals surface area (Å²) in [5.74, 6) is -1.40. The van der Waals surface area contributed by atoms with E-state index >= 15 is 0 Å². The lowest BCUT2D eigenvalue weighted by Crippen LogP contribution is -2.63. The zero-order valence-corrected chi connectivity index (χ0v) is 19.2. The van der Waals surface area contributed by atoms with Crippen molar-refractivity contribution >= 4 is 26.9 Å². The highest BCUT2D eigenvalue weighted by Crippen LogP contribution is 2.27. The molecule has 1 saturated heterocycles. The molecule has 3 aromatic rings. The third kappa shape index (κ3) is 4.52. The van der Waals surface area contributed by atoms with Gasteiger partial charge in [-0.2, -0.15) is 0 Å². The van der Waals surface area contributed by atoms with Gasteiger partial charge in [-0.15, -0.1) is 13.2 Å². The van der Waals surface area contributed by atoms with E-state index in [0.717, 1.165) is 16.7 Å². The summed E-state index contributed by atoms with van der Waals surface area (Å²) in [7, 11) is -3.18. The minimum absolute atomic E-state index is 0.105. The maximum atomic E-state index is 13.2. The number of nitrogens with zero attached hydrogens (tertiary/aromatic N) is 3. The molecule has 34 heavy (non-hydrogen) atoms. The molecule has 0 aliphatic carbocycles. The number of pyridine rings is 1. The highest BCUT2D eigenvalue weighted by molar-refractivity contribution is 7.93. The Balaban J connectivity index is 1.78. The van der Waals surface area contributed by atoms with Gasteiger partial charge in [0.1, 0.15) is 5.75 Å². The van der Waals surface area contributed by atoms with E-state index in [1.54, 1.807) is 20.8 Å². The largest absolute Gasteiger partial charge is 0.573 e. The second kappa shape index (κ2) is 7.86. The van der Waals surface area contributed by atoms with Gasteiger partial charge in [-0.05, 0) is 39.0 Å². The van der Waals surface area contributed by atoms with Crippen LogP contribution in [0, 0.1) is 0 Å². The summed E-state index contributed by atoms with van der Waals surface area (Å²) < 4.78 is 67.4. The second-order valence-corrected chi connectivity index (χ2v) is 10.8. The number of aromatic nitrogens is 3. The number of ether oxygens (including phenoxy) is 1.